The minimum atomic E-state index is 0.105. The molecule has 2 aliphatic heterocycles. The molecule has 2 heterocycles. The van der Waals surface area contributed by atoms with Crippen molar-refractivity contribution in [2.45, 2.75) is 79.2 Å². The average Bonchev–Trinajstić information content (AvgIpc) is 2.45. The number of hydrogen-bond donors (Lipinski definition) is 0. The molecule has 0 atom stereocenters. The van der Waals surface area contributed by atoms with E-state index < -0.39 is 0 Å². The molecule has 0 radical (unpaired) electrons. The van der Waals surface area contributed by atoms with E-state index in [-0.39, 0.29) is 5.41 Å². The number of hydrogen-bond acceptors (Lipinski definition) is 2. The first-order chi connectivity index (χ1) is 10.6. The van der Waals surface area contributed by atoms with Crippen LogP contribution in [0.25, 0.3) is 0 Å². The monoisotopic (exact) mass is 322 g/mol. The molecule has 2 fully saturated rings. The summed E-state index contributed by atoms with van der Waals surface area (Å²) in [6.07, 6.45) is 5.81. The maximum atomic E-state index is 12.4. The van der Waals surface area contributed by atoms with Gasteiger partial charge in [0.05, 0.1) is 0 Å². The first-order valence-corrected chi connectivity index (χ1v) is 9.59. The summed E-state index contributed by atoms with van der Waals surface area (Å²) in [6, 6.07) is 0. The summed E-state index contributed by atoms with van der Waals surface area (Å²) < 4.78 is 0. The van der Waals surface area contributed by atoms with E-state index in [9.17, 15) is 4.79 Å². The van der Waals surface area contributed by atoms with E-state index in [1.54, 1.807) is 0 Å². The molecule has 0 aromatic heterocycles. The largest absolute Gasteiger partial charge is 0.343 e. The van der Waals surface area contributed by atoms with Crippen molar-refractivity contribution in [2.24, 2.45) is 17.3 Å². The molecule has 0 aliphatic carbocycles. The van der Waals surface area contributed by atoms with E-state index in [1.165, 1.54) is 38.8 Å². The molecule has 134 valence electrons. The second-order valence-corrected chi connectivity index (χ2v) is 9.95. The van der Waals surface area contributed by atoms with E-state index in [1.807, 2.05) is 0 Å². The third-order valence-corrected chi connectivity index (χ3v) is 5.73. The Balaban J connectivity index is 1.76. The van der Waals surface area contributed by atoms with Gasteiger partial charge in [-0.3, -0.25) is 9.69 Å². The summed E-state index contributed by atoms with van der Waals surface area (Å²) in [6.45, 7) is 17.9. The van der Waals surface area contributed by atoms with Crippen molar-refractivity contribution in [3.63, 3.8) is 0 Å². The van der Waals surface area contributed by atoms with E-state index in [4.69, 9.17) is 0 Å². The Hall–Kier alpha value is -0.570. The van der Waals surface area contributed by atoms with Gasteiger partial charge in [0.2, 0.25) is 5.91 Å². The molecule has 0 aromatic rings. The van der Waals surface area contributed by atoms with Crippen LogP contribution in [0.4, 0.5) is 0 Å². The average molecular weight is 323 g/mol. The number of likely N-dealkylation sites (tertiary alicyclic amines) is 2. The van der Waals surface area contributed by atoms with E-state index >= 15 is 0 Å². The van der Waals surface area contributed by atoms with Gasteiger partial charge in [0, 0.05) is 25.0 Å². The molecule has 2 saturated heterocycles. The highest BCUT2D eigenvalue weighted by atomic mass is 16.2. The van der Waals surface area contributed by atoms with Crippen LogP contribution in [0, 0.1) is 17.3 Å². The summed E-state index contributed by atoms with van der Waals surface area (Å²) >= 11 is 0. The second-order valence-electron chi connectivity index (χ2n) is 9.95. The quantitative estimate of drug-likeness (QED) is 0.762. The third-order valence-electron chi connectivity index (χ3n) is 5.73. The van der Waals surface area contributed by atoms with Crippen LogP contribution in [0.1, 0.15) is 73.6 Å². The molecule has 0 spiro atoms. The van der Waals surface area contributed by atoms with E-state index in [0.717, 1.165) is 24.9 Å². The molecule has 0 N–H and O–H groups in total. The summed E-state index contributed by atoms with van der Waals surface area (Å²) in [5.41, 5.74) is 0.418. The highest BCUT2D eigenvalue weighted by Gasteiger charge is 2.33. The molecular formula is C20H38N2O. The smallest absolute Gasteiger partial charge is 0.223 e. The van der Waals surface area contributed by atoms with Crippen LogP contribution in [0.3, 0.4) is 0 Å². The Labute approximate surface area is 143 Å². The van der Waals surface area contributed by atoms with Gasteiger partial charge in [-0.15, -0.1) is 0 Å². The molecule has 0 bridgehead atoms. The maximum absolute atomic E-state index is 12.4. The Morgan fingerprint density at radius 2 is 1.26 bits per heavy atom. The van der Waals surface area contributed by atoms with Crippen molar-refractivity contribution in [2.75, 3.05) is 26.2 Å². The van der Waals surface area contributed by atoms with Gasteiger partial charge >= 0.3 is 0 Å². The zero-order valence-corrected chi connectivity index (χ0v) is 16.3. The molecule has 2 aliphatic rings. The van der Waals surface area contributed by atoms with Crippen LogP contribution in [-0.2, 0) is 4.79 Å². The third kappa shape index (κ3) is 5.48. The SMILES string of the molecule is CC(C)(C)CC(=O)N1CCC(C2CCN(C(C)(C)C)CC2)CC1. The van der Waals surface area contributed by atoms with Crippen LogP contribution in [0.15, 0.2) is 0 Å². The second kappa shape index (κ2) is 7.13. The fourth-order valence-electron chi connectivity index (χ4n) is 4.23. The van der Waals surface area contributed by atoms with Crippen LogP contribution >= 0.6 is 0 Å². The topological polar surface area (TPSA) is 23.6 Å². The summed E-state index contributed by atoms with van der Waals surface area (Å²) in [4.78, 5) is 17.1. The molecule has 0 unspecified atom stereocenters. The first kappa shape index (κ1) is 18.8. The summed E-state index contributed by atoms with van der Waals surface area (Å²) in [5, 5.41) is 0. The number of amides is 1. The van der Waals surface area contributed by atoms with E-state index in [2.05, 4.69) is 51.3 Å². The van der Waals surface area contributed by atoms with Crippen molar-refractivity contribution in [1.29, 1.82) is 0 Å². The van der Waals surface area contributed by atoms with Gasteiger partial charge in [0.15, 0.2) is 0 Å². The molecule has 0 aromatic carbocycles. The standard InChI is InChI=1S/C20H38N2O/c1-19(2,3)15-18(23)21-11-7-16(8-12-21)17-9-13-22(14-10-17)20(4,5)6/h16-17H,7-15H2,1-6H3. The lowest BCUT2D eigenvalue weighted by atomic mass is 9.78. The van der Waals surface area contributed by atoms with Gasteiger partial charge in [-0.1, -0.05) is 20.8 Å². The Kier molecular flexibility index (Phi) is 5.81. The lowest BCUT2D eigenvalue weighted by Crippen LogP contribution is -2.48. The number of carbonyl (C=O) groups excluding carboxylic acids is 1. The molecule has 2 rings (SSSR count). The molecule has 23 heavy (non-hydrogen) atoms. The fraction of sp³-hybridized carbons (Fsp3) is 0.950. The molecule has 3 heteroatoms. The normalized spacial score (nSPS) is 23.3. The first-order valence-electron chi connectivity index (χ1n) is 9.59. The highest BCUT2D eigenvalue weighted by molar-refractivity contribution is 5.76. The fourth-order valence-corrected chi connectivity index (χ4v) is 4.23. The minimum Gasteiger partial charge on any atom is -0.343 e. The predicted molar refractivity (Wildman–Crippen MR) is 97.4 cm³/mol. The van der Waals surface area contributed by atoms with Crippen LogP contribution in [0.5, 0.6) is 0 Å². The zero-order valence-electron chi connectivity index (χ0n) is 16.3. The number of carbonyl (C=O) groups is 1. The van der Waals surface area contributed by atoms with Gasteiger partial charge in [-0.25, -0.2) is 0 Å². The van der Waals surface area contributed by atoms with Crippen LogP contribution < -0.4 is 0 Å². The van der Waals surface area contributed by atoms with Gasteiger partial charge in [-0.2, -0.15) is 0 Å². The van der Waals surface area contributed by atoms with Crippen molar-refractivity contribution in [3.05, 3.63) is 0 Å². The van der Waals surface area contributed by atoms with Crippen molar-refractivity contribution in [3.8, 4) is 0 Å². The summed E-state index contributed by atoms with van der Waals surface area (Å²) in [5.74, 6) is 2.09. The molecule has 0 saturated carbocycles. The maximum Gasteiger partial charge on any atom is 0.223 e. The van der Waals surface area contributed by atoms with Crippen LogP contribution in [0.2, 0.25) is 0 Å². The van der Waals surface area contributed by atoms with Crippen LogP contribution in [-0.4, -0.2) is 47.4 Å². The lowest BCUT2D eigenvalue weighted by molar-refractivity contribution is -0.134. The molecular weight excluding hydrogens is 284 g/mol. The van der Waals surface area contributed by atoms with Crippen molar-refractivity contribution in [1.82, 2.24) is 9.80 Å². The molecule has 1 amide bonds. The lowest BCUT2D eigenvalue weighted by Gasteiger charge is -2.44. The zero-order chi connectivity index (χ0) is 17.3. The summed E-state index contributed by atoms with van der Waals surface area (Å²) in [7, 11) is 0. The number of piperidine rings is 2. The number of rotatable bonds is 2. The van der Waals surface area contributed by atoms with Gasteiger partial charge in [-0.05, 0) is 76.8 Å². The van der Waals surface area contributed by atoms with Crippen molar-refractivity contribution >= 4 is 5.91 Å². The highest BCUT2D eigenvalue weighted by Crippen LogP contribution is 2.34. The van der Waals surface area contributed by atoms with Gasteiger partial charge < -0.3 is 4.90 Å². The van der Waals surface area contributed by atoms with Crippen molar-refractivity contribution < 1.29 is 4.79 Å². The Morgan fingerprint density at radius 1 is 0.826 bits per heavy atom. The van der Waals surface area contributed by atoms with Gasteiger partial charge in [0.1, 0.15) is 0 Å². The van der Waals surface area contributed by atoms with E-state index in [0.29, 0.717) is 17.9 Å². The minimum absolute atomic E-state index is 0.105. The Bertz CT molecular complexity index is 389. The Morgan fingerprint density at radius 3 is 1.65 bits per heavy atom. The predicted octanol–water partition coefficient (Wildman–Crippen LogP) is 4.17. The van der Waals surface area contributed by atoms with Gasteiger partial charge in [0.25, 0.3) is 0 Å². The number of nitrogens with zero attached hydrogens (tertiary/aromatic N) is 2. The molecule has 3 nitrogen and oxygen atoms in total.